The van der Waals surface area contributed by atoms with E-state index < -0.39 is 0 Å². The van der Waals surface area contributed by atoms with Crippen molar-refractivity contribution in [2.45, 2.75) is 24.7 Å². The number of carbonyl (C=O) groups is 1. The molecule has 1 aromatic rings. The number of aliphatic imine (C=N–C) groups is 1. The second kappa shape index (κ2) is 10.2. The Morgan fingerprint density at radius 2 is 2.04 bits per heavy atom. The van der Waals surface area contributed by atoms with Crippen LogP contribution in [0.1, 0.15) is 19.8 Å². The fourth-order valence-electron chi connectivity index (χ4n) is 2.07. The second-order valence-corrected chi connectivity index (χ2v) is 6.67. The van der Waals surface area contributed by atoms with Gasteiger partial charge in [-0.2, -0.15) is 0 Å². The number of halogens is 1. The molecule has 1 amide bonds. The van der Waals surface area contributed by atoms with Crippen molar-refractivity contribution in [2.24, 2.45) is 10.9 Å². The van der Waals surface area contributed by atoms with Crippen molar-refractivity contribution in [3.63, 3.8) is 0 Å². The molecule has 3 N–H and O–H groups in total. The molecule has 0 heterocycles. The predicted octanol–water partition coefficient (Wildman–Crippen LogP) is 2.00. The maximum atomic E-state index is 13.5. The summed E-state index contributed by atoms with van der Waals surface area (Å²) in [6, 6.07) is 6.77. The summed E-state index contributed by atoms with van der Waals surface area (Å²) in [7, 11) is 0. The number of benzene rings is 1. The largest absolute Gasteiger partial charge is 0.357 e. The molecule has 1 fully saturated rings. The summed E-state index contributed by atoms with van der Waals surface area (Å²) in [6.07, 6.45) is 2.03. The van der Waals surface area contributed by atoms with Crippen LogP contribution in [0.4, 0.5) is 4.39 Å². The molecule has 5 nitrogen and oxygen atoms in total. The first-order valence-corrected chi connectivity index (χ1v) is 9.36. The van der Waals surface area contributed by atoms with E-state index in [9.17, 15) is 9.18 Å². The average Bonchev–Trinajstić information content (AvgIpc) is 3.41. The van der Waals surface area contributed by atoms with Crippen LogP contribution >= 0.6 is 11.8 Å². The van der Waals surface area contributed by atoms with E-state index >= 15 is 0 Å². The normalized spacial score (nSPS) is 14.3. The average molecular weight is 352 g/mol. The molecule has 0 saturated heterocycles. The third-order valence-electron chi connectivity index (χ3n) is 3.46. The highest BCUT2D eigenvalue weighted by Crippen LogP contribution is 2.28. The summed E-state index contributed by atoms with van der Waals surface area (Å²) < 4.78 is 13.5. The van der Waals surface area contributed by atoms with Gasteiger partial charge in [0.15, 0.2) is 5.96 Å². The summed E-state index contributed by atoms with van der Waals surface area (Å²) in [6.45, 7) is 4.53. The highest BCUT2D eigenvalue weighted by Gasteiger charge is 2.28. The van der Waals surface area contributed by atoms with Gasteiger partial charge in [0, 0.05) is 36.2 Å². The van der Waals surface area contributed by atoms with Gasteiger partial charge in [-0.25, -0.2) is 4.39 Å². The van der Waals surface area contributed by atoms with Crippen molar-refractivity contribution in [1.82, 2.24) is 16.0 Å². The predicted molar refractivity (Wildman–Crippen MR) is 96.8 cm³/mol. The van der Waals surface area contributed by atoms with Gasteiger partial charge in [-0.1, -0.05) is 12.1 Å². The summed E-state index contributed by atoms with van der Waals surface area (Å²) in [5.74, 6) is 1.64. The summed E-state index contributed by atoms with van der Waals surface area (Å²) in [5, 5.41) is 9.26. The third kappa shape index (κ3) is 6.78. The van der Waals surface area contributed by atoms with E-state index in [1.54, 1.807) is 12.1 Å². The minimum atomic E-state index is -0.186. The van der Waals surface area contributed by atoms with Crippen LogP contribution < -0.4 is 16.0 Å². The number of hydrogen-bond donors (Lipinski definition) is 3. The van der Waals surface area contributed by atoms with Crippen molar-refractivity contribution in [3.05, 3.63) is 30.1 Å². The van der Waals surface area contributed by atoms with Crippen molar-refractivity contribution in [3.8, 4) is 0 Å². The van der Waals surface area contributed by atoms with Crippen LogP contribution in [-0.2, 0) is 4.79 Å². The number of guanidine groups is 1. The Labute approximate surface area is 146 Å². The zero-order valence-electron chi connectivity index (χ0n) is 14.0. The van der Waals surface area contributed by atoms with Gasteiger partial charge in [-0.15, -0.1) is 11.8 Å². The van der Waals surface area contributed by atoms with Crippen LogP contribution in [-0.4, -0.2) is 43.8 Å². The zero-order chi connectivity index (χ0) is 17.2. The smallest absolute Gasteiger partial charge is 0.223 e. The molecule has 0 aliphatic heterocycles. The first-order chi connectivity index (χ1) is 11.7. The van der Waals surface area contributed by atoms with E-state index in [0.29, 0.717) is 30.5 Å². The van der Waals surface area contributed by atoms with E-state index in [4.69, 9.17) is 0 Å². The molecule has 0 unspecified atom stereocenters. The number of hydrogen-bond acceptors (Lipinski definition) is 3. The summed E-state index contributed by atoms with van der Waals surface area (Å²) >= 11 is 1.47. The fourth-order valence-corrected chi connectivity index (χ4v) is 2.88. The van der Waals surface area contributed by atoms with Gasteiger partial charge in [0.1, 0.15) is 5.82 Å². The highest BCUT2D eigenvalue weighted by molar-refractivity contribution is 7.99. The molecule has 1 aliphatic rings. The molecule has 2 rings (SSSR count). The molecule has 24 heavy (non-hydrogen) atoms. The van der Waals surface area contributed by atoms with Crippen LogP contribution in [0.5, 0.6) is 0 Å². The second-order valence-electron chi connectivity index (χ2n) is 5.53. The minimum absolute atomic E-state index is 0.143. The molecule has 0 radical (unpaired) electrons. The zero-order valence-corrected chi connectivity index (χ0v) is 14.8. The molecule has 7 heteroatoms. The molecule has 132 valence electrons. The van der Waals surface area contributed by atoms with Crippen LogP contribution in [0.2, 0.25) is 0 Å². The Hall–Kier alpha value is -1.76. The molecule has 0 bridgehead atoms. The molecular formula is C17H25FN4OS. The number of carbonyl (C=O) groups excluding carboxylic acids is 1. The van der Waals surface area contributed by atoms with Gasteiger partial charge in [-0.05, 0) is 31.9 Å². The topological polar surface area (TPSA) is 65.5 Å². The van der Waals surface area contributed by atoms with E-state index in [-0.39, 0.29) is 17.6 Å². The van der Waals surface area contributed by atoms with Crippen molar-refractivity contribution in [2.75, 3.05) is 31.9 Å². The molecule has 1 aliphatic carbocycles. The number of rotatable bonds is 9. The number of nitrogens with zero attached hydrogens (tertiary/aromatic N) is 1. The third-order valence-corrected chi connectivity index (χ3v) is 4.51. The number of thioether (sulfide) groups is 1. The van der Waals surface area contributed by atoms with Gasteiger partial charge >= 0.3 is 0 Å². The van der Waals surface area contributed by atoms with Crippen LogP contribution in [0.15, 0.2) is 34.2 Å². The standard InChI is InChI=1S/C17H25FN4OS/c1-2-19-17(21-10-9-20-16(23)13-7-8-13)22-11-12-24-15-6-4-3-5-14(15)18/h3-6,13H,2,7-12H2,1H3,(H,20,23)(H2,19,21,22). The first-order valence-electron chi connectivity index (χ1n) is 8.38. The van der Waals surface area contributed by atoms with Gasteiger partial charge < -0.3 is 16.0 Å². The maximum Gasteiger partial charge on any atom is 0.223 e. The Morgan fingerprint density at radius 1 is 1.25 bits per heavy atom. The molecule has 0 spiro atoms. The van der Waals surface area contributed by atoms with E-state index in [1.165, 1.54) is 17.8 Å². The van der Waals surface area contributed by atoms with E-state index in [2.05, 4.69) is 20.9 Å². The SMILES string of the molecule is CCNC(=NCCNC(=O)C1CC1)NCCSc1ccccc1F. The molecular weight excluding hydrogens is 327 g/mol. The minimum Gasteiger partial charge on any atom is -0.357 e. The fraction of sp³-hybridized carbons (Fsp3) is 0.529. The van der Waals surface area contributed by atoms with Crippen LogP contribution in [0.3, 0.4) is 0 Å². The highest BCUT2D eigenvalue weighted by atomic mass is 32.2. The number of amides is 1. The molecule has 0 atom stereocenters. The summed E-state index contributed by atoms with van der Waals surface area (Å²) in [5.41, 5.74) is 0. The van der Waals surface area contributed by atoms with Crippen molar-refractivity contribution < 1.29 is 9.18 Å². The van der Waals surface area contributed by atoms with Crippen LogP contribution in [0, 0.1) is 11.7 Å². The lowest BCUT2D eigenvalue weighted by Crippen LogP contribution is -2.39. The van der Waals surface area contributed by atoms with E-state index in [1.807, 2.05) is 13.0 Å². The lowest BCUT2D eigenvalue weighted by molar-refractivity contribution is -0.122. The van der Waals surface area contributed by atoms with Crippen molar-refractivity contribution >= 4 is 23.6 Å². The monoisotopic (exact) mass is 352 g/mol. The molecule has 1 aromatic carbocycles. The Balaban J connectivity index is 1.65. The Bertz CT molecular complexity index is 563. The number of nitrogens with one attached hydrogen (secondary N) is 3. The van der Waals surface area contributed by atoms with E-state index in [0.717, 1.165) is 25.1 Å². The molecule has 1 saturated carbocycles. The van der Waals surface area contributed by atoms with Crippen molar-refractivity contribution in [1.29, 1.82) is 0 Å². The first kappa shape index (κ1) is 18.6. The molecule has 0 aromatic heterocycles. The van der Waals surface area contributed by atoms with Gasteiger partial charge in [0.25, 0.3) is 0 Å². The summed E-state index contributed by atoms with van der Waals surface area (Å²) in [4.78, 5) is 16.6. The quantitative estimate of drug-likeness (QED) is 0.275. The van der Waals surface area contributed by atoms with Gasteiger partial charge in [0.2, 0.25) is 5.91 Å². The van der Waals surface area contributed by atoms with Crippen LogP contribution in [0.25, 0.3) is 0 Å². The Morgan fingerprint density at radius 3 is 2.75 bits per heavy atom. The lowest BCUT2D eigenvalue weighted by Gasteiger charge is -2.11. The lowest BCUT2D eigenvalue weighted by atomic mass is 10.3. The Kier molecular flexibility index (Phi) is 7.88. The van der Waals surface area contributed by atoms with Gasteiger partial charge in [0.05, 0.1) is 6.54 Å². The maximum absolute atomic E-state index is 13.5. The van der Waals surface area contributed by atoms with Gasteiger partial charge in [-0.3, -0.25) is 9.79 Å².